The summed E-state index contributed by atoms with van der Waals surface area (Å²) in [4.78, 5) is 14.7. The molecule has 0 saturated heterocycles. The first kappa shape index (κ1) is 12.3. The molecule has 0 fully saturated rings. The summed E-state index contributed by atoms with van der Waals surface area (Å²) in [7, 11) is 0. The van der Waals surface area contributed by atoms with Crippen LogP contribution in [-0.2, 0) is 4.79 Å². The van der Waals surface area contributed by atoms with Crippen molar-refractivity contribution < 1.29 is 4.79 Å². The van der Waals surface area contributed by atoms with Gasteiger partial charge in [-0.1, -0.05) is 30.3 Å². The van der Waals surface area contributed by atoms with Crippen LogP contribution in [0.25, 0.3) is 0 Å². The molecule has 1 aliphatic heterocycles. The molecule has 2 heterocycles. The molecule has 0 aliphatic carbocycles. The van der Waals surface area contributed by atoms with Crippen LogP contribution in [0.15, 0.2) is 66.2 Å². The second kappa shape index (κ2) is 5.48. The van der Waals surface area contributed by atoms with Crippen LogP contribution in [0, 0.1) is 0 Å². The molecule has 20 heavy (non-hydrogen) atoms. The fraction of sp³-hybridized carbons (Fsp3) is 0.0625. The molecule has 0 saturated carbocycles. The van der Waals surface area contributed by atoms with E-state index < -0.39 is 0 Å². The van der Waals surface area contributed by atoms with E-state index in [1.165, 1.54) is 6.08 Å². The zero-order valence-corrected chi connectivity index (χ0v) is 10.8. The number of nitrogens with zero attached hydrogens (tertiary/aromatic N) is 3. The number of hydrazone groups is 1. The van der Waals surface area contributed by atoms with Crippen LogP contribution in [-0.4, -0.2) is 22.5 Å². The molecule has 0 radical (unpaired) electrons. The number of hydrogen-bond acceptors (Lipinski definition) is 4. The zero-order valence-electron chi connectivity index (χ0n) is 10.8. The highest BCUT2D eigenvalue weighted by atomic mass is 16.1. The lowest BCUT2D eigenvalue weighted by atomic mass is 9.94. The van der Waals surface area contributed by atoms with Gasteiger partial charge in [0.1, 0.15) is 12.3 Å². The second-order valence-corrected chi connectivity index (χ2v) is 4.42. The molecule has 0 amide bonds. The third-order valence-corrected chi connectivity index (χ3v) is 3.20. The van der Waals surface area contributed by atoms with E-state index in [0.717, 1.165) is 23.0 Å². The number of rotatable bonds is 3. The first-order valence-electron chi connectivity index (χ1n) is 6.33. The van der Waals surface area contributed by atoms with Crippen molar-refractivity contribution in [3.8, 4) is 0 Å². The molecule has 1 aliphatic rings. The predicted molar refractivity (Wildman–Crippen MR) is 77.2 cm³/mol. The maximum Gasteiger partial charge on any atom is 0.144 e. The number of aromatic nitrogens is 1. The fourth-order valence-corrected chi connectivity index (χ4v) is 2.33. The van der Waals surface area contributed by atoms with Gasteiger partial charge in [-0.3, -0.25) is 14.8 Å². The van der Waals surface area contributed by atoms with Crippen molar-refractivity contribution in [1.82, 2.24) is 9.99 Å². The number of carbonyl (C=O) groups excluding carboxylic acids is 1. The van der Waals surface area contributed by atoms with E-state index in [1.54, 1.807) is 23.6 Å². The van der Waals surface area contributed by atoms with Gasteiger partial charge in [-0.25, -0.2) is 0 Å². The molecule has 2 aromatic rings. The molecule has 0 bridgehead atoms. The Morgan fingerprint density at radius 3 is 2.85 bits per heavy atom. The monoisotopic (exact) mass is 263 g/mol. The van der Waals surface area contributed by atoms with Crippen molar-refractivity contribution in [2.75, 3.05) is 0 Å². The average Bonchev–Trinajstić information content (AvgIpc) is 2.53. The highest BCUT2D eigenvalue weighted by molar-refractivity contribution is 5.83. The Labute approximate surface area is 117 Å². The van der Waals surface area contributed by atoms with E-state index in [4.69, 9.17) is 0 Å². The van der Waals surface area contributed by atoms with Crippen molar-refractivity contribution in [3.05, 3.63) is 77.8 Å². The van der Waals surface area contributed by atoms with Crippen LogP contribution in [0.1, 0.15) is 22.7 Å². The first-order valence-corrected chi connectivity index (χ1v) is 6.33. The molecule has 3 rings (SSSR count). The van der Waals surface area contributed by atoms with E-state index in [2.05, 4.69) is 16.2 Å². The van der Waals surface area contributed by atoms with Gasteiger partial charge in [-0.05, 0) is 23.3 Å². The van der Waals surface area contributed by atoms with Crippen LogP contribution in [0.2, 0.25) is 0 Å². The van der Waals surface area contributed by atoms with Gasteiger partial charge in [0.25, 0.3) is 0 Å². The lowest BCUT2D eigenvalue weighted by Gasteiger charge is -2.31. The number of pyridine rings is 1. The molecule has 1 aromatic carbocycles. The van der Waals surface area contributed by atoms with Crippen molar-refractivity contribution in [2.24, 2.45) is 5.10 Å². The lowest BCUT2D eigenvalue weighted by molar-refractivity contribution is -0.104. The van der Waals surface area contributed by atoms with E-state index in [0.29, 0.717) is 0 Å². The number of hydrogen-bond donors (Lipinski definition) is 0. The molecule has 4 nitrogen and oxygen atoms in total. The van der Waals surface area contributed by atoms with Crippen LogP contribution in [0.4, 0.5) is 0 Å². The number of allylic oxidation sites excluding steroid dienone is 1. The van der Waals surface area contributed by atoms with Crippen molar-refractivity contribution in [3.63, 3.8) is 0 Å². The van der Waals surface area contributed by atoms with E-state index in [1.807, 2.05) is 36.5 Å². The fourth-order valence-electron chi connectivity index (χ4n) is 2.33. The summed E-state index contributed by atoms with van der Waals surface area (Å²) in [5.74, 6) is 0. The van der Waals surface area contributed by atoms with Crippen molar-refractivity contribution in [2.45, 2.75) is 6.04 Å². The van der Waals surface area contributed by atoms with Gasteiger partial charge in [0.2, 0.25) is 0 Å². The summed E-state index contributed by atoms with van der Waals surface area (Å²) in [5.41, 5.74) is 3.26. The molecular weight excluding hydrogens is 250 g/mol. The molecular formula is C16H13N3O. The largest absolute Gasteiger partial charge is 0.299 e. The molecule has 4 heteroatoms. The second-order valence-electron chi connectivity index (χ2n) is 4.42. The highest BCUT2D eigenvalue weighted by Gasteiger charge is 2.24. The topological polar surface area (TPSA) is 45.6 Å². The number of aldehydes is 1. The van der Waals surface area contributed by atoms with E-state index in [-0.39, 0.29) is 6.04 Å². The van der Waals surface area contributed by atoms with Gasteiger partial charge in [0, 0.05) is 24.2 Å². The normalized spacial score (nSPS) is 17.2. The summed E-state index contributed by atoms with van der Waals surface area (Å²) >= 11 is 0. The standard InChI is InChI=1S/C16H13N3O/c20-10-4-9-19-16(14-6-3-8-17-11-14)15-7-2-1-5-13(15)12-18-19/h1-12,16H. The Balaban J connectivity index is 2.11. The highest BCUT2D eigenvalue weighted by Crippen LogP contribution is 2.33. The number of fused-ring (bicyclic) bond motifs is 1. The third kappa shape index (κ3) is 2.23. The number of carbonyl (C=O) groups is 1. The van der Waals surface area contributed by atoms with Gasteiger partial charge >= 0.3 is 0 Å². The molecule has 1 atom stereocenters. The summed E-state index contributed by atoms with van der Waals surface area (Å²) in [6, 6.07) is 11.9. The molecule has 0 N–H and O–H groups in total. The lowest BCUT2D eigenvalue weighted by Crippen LogP contribution is -2.24. The molecule has 98 valence electrons. The van der Waals surface area contributed by atoms with Crippen LogP contribution >= 0.6 is 0 Å². The van der Waals surface area contributed by atoms with Gasteiger partial charge in [0.05, 0.1) is 6.21 Å². The summed E-state index contributed by atoms with van der Waals surface area (Å²) in [6.07, 6.45) is 9.23. The van der Waals surface area contributed by atoms with Crippen LogP contribution in [0.5, 0.6) is 0 Å². The van der Waals surface area contributed by atoms with Gasteiger partial charge in [-0.15, -0.1) is 0 Å². The first-order chi connectivity index (χ1) is 9.90. The minimum Gasteiger partial charge on any atom is -0.299 e. The quantitative estimate of drug-likeness (QED) is 0.631. The Morgan fingerprint density at radius 1 is 1.15 bits per heavy atom. The SMILES string of the molecule is O=CC=CN1N=Cc2ccccc2C1c1cccnc1. The minimum absolute atomic E-state index is 0.0684. The minimum atomic E-state index is -0.0684. The molecule has 1 unspecified atom stereocenters. The smallest absolute Gasteiger partial charge is 0.144 e. The maximum atomic E-state index is 10.6. The van der Waals surface area contributed by atoms with E-state index in [9.17, 15) is 4.79 Å². The van der Waals surface area contributed by atoms with Gasteiger partial charge in [0.15, 0.2) is 0 Å². The Bertz CT molecular complexity index is 664. The summed E-state index contributed by atoms with van der Waals surface area (Å²) in [6.45, 7) is 0. The van der Waals surface area contributed by atoms with E-state index >= 15 is 0 Å². The zero-order chi connectivity index (χ0) is 13.8. The Kier molecular flexibility index (Phi) is 3.37. The maximum absolute atomic E-state index is 10.6. The van der Waals surface area contributed by atoms with Crippen molar-refractivity contribution in [1.29, 1.82) is 0 Å². The Hall–Kier alpha value is -2.75. The predicted octanol–water partition coefficient (Wildman–Crippen LogP) is 2.53. The molecule has 0 spiro atoms. The van der Waals surface area contributed by atoms with Crippen LogP contribution < -0.4 is 0 Å². The molecule has 1 aromatic heterocycles. The summed E-state index contributed by atoms with van der Waals surface area (Å²) < 4.78 is 0. The average molecular weight is 263 g/mol. The van der Waals surface area contributed by atoms with Gasteiger partial charge < -0.3 is 0 Å². The number of benzene rings is 1. The summed E-state index contributed by atoms with van der Waals surface area (Å²) in [5, 5.41) is 6.17. The third-order valence-electron chi connectivity index (χ3n) is 3.20. The Morgan fingerprint density at radius 2 is 2.05 bits per heavy atom. The van der Waals surface area contributed by atoms with Crippen LogP contribution in [0.3, 0.4) is 0 Å². The van der Waals surface area contributed by atoms with Crippen molar-refractivity contribution >= 4 is 12.5 Å². The van der Waals surface area contributed by atoms with Gasteiger partial charge in [-0.2, -0.15) is 5.10 Å².